The van der Waals surface area contributed by atoms with Crippen LogP contribution in [0.15, 0.2) is 0 Å². The predicted octanol–water partition coefficient (Wildman–Crippen LogP) is -0.0696. The molecule has 0 spiro atoms. The van der Waals surface area contributed by atoms with Gasteiger partial charge in [0.2, 0.25) is 17.7 Å². The minimum atomic E-state index is -0.215. The molecule has 0 aliphatic heterocycles. The minimum Gasteiger partial charge on any atom is -0.354 e. The fraction of sp³-hybridized carbons (Fsp3) is 0.750. The van der Waals surface area contributed by atoms with Crippen molar-refractivity contribution in [1.82, 2.24) is 16.0 Å². The predicted molar refractivity (Wildman–Crippen MR) is 68.8 cm³/mol. The molecule has 104 valence electrons. The van der Waals surface area contributed by atoms with Gasteiger partial charge in [0.15, 0.2) is 0 Å². The molecule has 0 fully saturated rings. The molecule has 0 aromatic heterocycles. The van der Waals surface area contributed by atoms with Crippen molar-refractivity contribution < 1.29 is 14.4 Å². The molecular weight excluding hydrogens is 234 g/mol. The van der Waals surface area contributed by atoms with E-state index >= 15 is 0 Å². The monoisotopic (exact) mass is 257 g/mol. The zero-order valence-electron chi connectivity index (χ0n) is 11.7. The highest BCUT2D eigenvalue weighted by atomic mass is 16.2. The van der Waals surface area contributed by atoms with E-state index in [4.69, 9.17) is 0 Å². The second-order valence-electron chi connectivity index (χ2n) is 4.63. The van der Waals surface area contributed by atoms with Crippen molar-refractivity contribution in [3.8, 4) is 0 Å². The van der Waals surface area contributed by atoms with Gasteiger partial charge in [0.05, 0.1) is 6.04 Å². The Morgan fingerprint density at radius 3 is 1.67 bits per heavy atom. The Bertz CT molecular complexity index is 318. The van der Waals surface area contributed by atoms with E-state index in [0.717, 1.165) is 0 Å². The Kier molecular flexibility index (Phi) is 7.00. The van der Waals surface area contributed by atoms with Gasteiger partial charge in [-0.1, -0.05) is 0 Å². The Balaban J connectivity index is 4.51. The molecule has 3 N–H and O–H groups in total. The average Bonchev–Trinajstić information content (AvgIpc) is 2.13. The van der Waals surface area contributed by atoms with E-state index in [9.17, 15) is 14.4 Å². The third-order valence-corrected chi connectivity index (χ3v) is 2.48. The van der Waals surface area contributed by atoms with Crippen molar-refractivity contribution in [2.75, 3.05) is 0 Å². The van der Waals surface area contributed by atoms with Crippen molar-refractivity contribution in [1.29, 1.82) is 0 Å². The van der Waals surface area contributed by atoms with Crippen LogP contribution in [0.5, 0.6) is 0 Å². The van der Waals surface area contributed by atoms with E-state index < -0.39 is 0 Å². The zero-order chi connectivity index (χ0) is 14.3. The fourth-order valence-corrected chi connectivity index (χ4v) is 1.86. The molecule has 0 rings (SSSR count). The van der Waals surface area contributed by atoms with E-state index in [1.165, 1.54) is 20.8 Å². The number of rotatable bonds is 6. The van der Waals surface area contributed by atoms with Crippen molar-refractivity contribution in [2.45, 2.75) is 59.2 Å². The molecule has 3 unspecified atom stereocenters. The highest BCUT2D eigenvalue weighted by molar-refractivity contribution is 5.75. The summed E-state index contributed by atoms with van der Waals surface area (Å²) in [4.78, 5) is 33.1. The van der Waals surface area contributed by atoms with Gasteiger partial charge in [-0.05, 0) is 20.3 Å². The Morgan fingerprint density at radius 1 is 0.833 bits per heavy atom. The maximum absolute atomic E-state index is 11.1. The first-order valence-electron chi connectivity index (χ1n) is 6.03. The number of amides is 3. The van der Waals surface area contributed by atoms with E-state index in [1.54, 1.807) is 0 Å². The molecule has 3 amide bonds. The van der Waals surface area contributed by atoms with Crippen LogP contribution in [0.25, 0.3) is 0 Å². The topological polar surface area (TPSA) is 87.3 Å². The third-order valence-electron chi connectivity index (χ3n) is 2.48. The lowest BCUT2D eigenvalue weighted by Crippen LogP contribution is -2.51. The van der Waals surface area contributed by atoms with Crippen LogP contribution in [0, 0.1) is 0 Å². The molecule has 0 aromatic carbocycles. The summed E-state index contributed by atoms with van der Waals surface area (Å²) in [7, 11) is 0. The van der Waals surface area contributed by atoms with Gasteiger partial charge in [0, 0.05) is 32.9 Å². The van der Waals surface area contributed by atoms with Crippen molar-refractivity contribution in [2.24, 2.45) is 0 Å². The van der Waals surface area contributed by atoms with Gasteiger partial charge >= 0.3 is 0 Å². The van der Waals surface area contributed by atoms with Crippen LogP contribution in [-0.4, -0.2) is 35.8 Å². The largest absolute Gasteiger partial charge is 0.354 e. The van der Waals surface area contributed by atoms with Crippen molar-refractivity contribution in [3.63, 3.8) is 0 Å². The van der Waals surface area contributed by atoms with Crippen LogP contribution in [0.4, 0.5) is 0 Å². The third kappa shape index (κ3) is 7.65. The lowest BCUT2D eigenvalue weighted by Gasteiger charge is -2.28. The quantitative estimate of drug-likeness (QED) is 0.622. The summed E-state index contributed by atoms with van der Waals surface area (Å²) in [5.41, 5.74) is 0. The average molecular weight is 257 g/mol. The maximum Gasteiger partial charge on any atom is 0.217 e. The molecule has 0 saturated carbocycles. The van der Waals surface area contributed by atoms with Gasteiger partial charge < -0.3 is 16.0 Å². The summed E-state index contributed by atoms with van der Waals surface area (Å²) < 4.78 is 0. The van der Waals surface area contributed by atoms with E-state index in [1.807, 2.05) is 13.8 Å². The fourth-order valence-electron chi connectivity index (χ4n) is 1.86. The molecule has 6 nitrogen and oxygen atoms in total. The molecule has 0 aliphatic carbocycles. The second-order valence-corrected chi connectivity index (χ2v) is 4.63. The summed E-state index contributed by atoms with van der Waals surface area (Å²) >= 11 is 0. The standard InChI is InChI=1S/C12H23N3O3/c1-7(13-9(3)16)6-12(15-11(5)18)8(2)14-10(4)17/h7-8,12H,6H2,1-5H3,(H,13,16)(H,14,17)(H,15,18). The summed E-state index contributed by atoms with van der Waals surface area (Å²) in [5, 5.41) is 8.28. The summed E-state index contributed by atoms with van der Waals surface area (Å²) in [6.07, 6.45) is 0.556. The van der Waals surface area contributed by atoms with Crippen LogP contribution < -0.4 is 16.0 Å². The Hall–Kier alpha value is -1.59. The number of hydrogen-bond donors (Lipinski definition) is 3. The van der Waals surface area contributed by atoms with E-state index in [0.29, 0.717) is 6.42 Å². The highest BCUT2D eigenvalue weighted by Gasteiger charge is 2.21. The lowest BCUT2D eigenvalue weighted by molar-refractivity contribution is -0.122. The summed E-state index contributed by atoms with van der Waals surface area (Å²) in [6.45, 7) is 7.98. The van der Waals surface area contributed by atoms with Crippen LogP contribution in [0.1, 0.15) is 41.0 Å². The van der Waals surface area contributed by atoms with Gasteiger partial charge in [-0.2, -0.15) is 0 Å². The van der Waals surface area contributed by atoms with Gasteiger partial charge in [0.1, 0.15) is 0 Å². The molecule has 18 heavy (non-hydrogen) atoms. The molecule has 0 heterocycles. The minimum absolute atomic E-state index is 0.0736. The first-order chi connectivity index (χ1) is 8.22. The maximum atomic E-state index is 11.1. The zero-order valence-corrected chi connectivity index (χ0v) is 11.7. The summed E-state index contributed by atoms with van der Waals surface area (Å²) in [6, 6.07) is -0.480. The Morgan fingerprint density at radius 2 is 1.28 bits per heavy atom. The van der Waals surface area contributed by atoms with Gasteiger partial charge in [0.25, 0.3) is 0 Å². The molecular formula is C12H23N3O3. The molecule has 0 bridgehead atoms. The van der Waals surface area contributed by atoms with Crippen LogP contribution in [-0.2, 0) is 14.4 Å². The SMILES string of the molecule is CC(=O)NC(C)CC(NC(C)=O)C(C)NC(C)=O. The highest BCUT2D eigenvalue weighted by Crippen LogP contribution is 2.04. The molecule has 0 aliphatic rings. The lowest BCUT2D eigenvalue weighted by atomic mass is 10.0. The number of carbonyl (C=O) groups excluding carboxylic acids is 3. The van der Waals surface area contributed by atoms with Crippen LogP contribution in [0.3, 0.4) is 0 Å². The summed E-state index contributed by atoms with van der Waals surface area (Å²) in [5.74, 6) is -0.423. The first-order valence-corrected chi connectivity index (χ1v) is 6.03. The van der Waals surface area contributed by atoms with Crippen LogP contribution in [0.2, 0.25) is 0 Å². The van der Waals surface area contributed by atoms with E-state index in [-0.39, 0.29) is 35.8 Å². The van der Waals surface area contributed by atoms with Gasteiger partial charge in [-0.25, -0.2) is 0 Å². The molecule has 0 aromatic rings. The van der Waals surface area contributed by atoms with Crippen molar-refractivity contribution >= 4 is 17.7 Å². The van der Waals surface area contributed by atoms with E-state index in [2.05, 4.69) is 16.0 Å². The number of nitrogens with one attached hydrogen (secondary N) is 3. The molecule has 3 atom stereocenters. The molecule has 6 heteroatoms. The smallest absolute Gasteiger partial charge is 0.217 e. The van der Waals surface area contributed by atoms with Gasteiger partial charge in [-0.3, -0.25) is 14.4 Å². The normalized spacial score (nSPS) is 15.2. The van der Waals surface area contributed by atoms with Crippen LogP contribution >= 0.6 is 0 Å². The number of hydrogen-bond acceptors (Lipinski definition) is 3. The molecule has 0 saturated heterocycles. The first kappa shape index (κ1) is 16.4. The second kappa shape index (κ2) is 7.68. The molecule has 0 radical (unpaired) electrons. The van der Waals surface area contributed by atoms with Crippen molar-refractivity contribution in [3.05, 3.63) is 0 Å². The Labute approximate surface area is 108 Å². The number of carbonyl (C=O) groups is 3. The van der Waals surface area contributed by atoms with Gasteiger partial charge in [-0.15, -0.1) is 0 Å².